The van der Waals surface area contributed by atoms with Gasteiger partial charge in [-0.05, 0) is 115 Å². The Morgan fingerprint density at radius 2 is 0.739 bits per heavy atom. The molecule has 69 heavy (non-hydrogen) atoms. The SMILES string of the molecule is c1ccc(-c2ccc(-c3ccc(N(c4cccc(-c5cccc6c5-c5ccccc5C6(c5ccccc5)c5ccccc5)c4)c4cccc(-c5cccc6c5oc5ccccc56)c4)cc3)cc2)cc1. The van der Waals surface area contributed by atoms with Gasteiger partial charge in [0.25, 0.3) is 0 Å². The second-order valence-corrected chi connectivity index (χ2v) is 18.0. The van der Waals surface area contributed by atoms with E-state index in [9.17, 15) is 0 Å². The molecule has 1 aliphatic carbocycles. The van der Waals surface area contributed by atoms with Crippen molar-refractivity contribution in [3.63, 3.8) is 0 Å². The van der Waals surface area contributed by atoms with Gasteiger partial charge >= 0.3 is 0 Å². The highest BCUT2D eigenvalue weighted by atomic mass is 16.3. The number of hydrogen-bond donors (Lipinski definition) is 0. The third kappa shape index (κ3) is 6.72. The molecule has 324 valence electrons. The van der Waals surface area contributed by atoms with Crippen molar-refractivity contribution in [2.24, 2.45) is 0 Å². The predicted molar refractivity (Wildman–Crippen MR) is 287 cm³/mol. The van der Waals surface area contributed by atoms with Crippen LogP contribution in [0.4, 0.5) is 17.1 Å². The molecule has 0 N–H and O–H groups in total. The summed E-state index contributed by atoms with van der Waals surface area (Å²) in [6, 6.07) is 99.2. The van der Waals surface area contributed by atoms with Crippen LogP contribution < -0.4 is 4.90 Å². The minimum absolute atomic E-state index is 0.485. The van der Waals surface area contributed by atoms with Crippen LogP contribution in [0.1, 0.15) is 22.3 Å². The average Bonchev–Trinajstić information content (AvgIpc) is 3.97. The standard InChI is InChI=1S/C67H45NO/c1-4-18-46(19-5-1)47-36-38-48(39-37-47)49-40-42-54(43-41-49)68(56-27-15-21-51(45-56)58-31-16-32-60-59-28-11-13-35-64(59)69-66(58)60)55-26-14-20-50(44-55)57-30-17-34-63-65(57)61-29-10-12-33-62(61)67(63,52-22-6-2-7-23-52)53-24-8-3-9-25-53/h1-45H. The second-order valence-electron chi connectivity index (χ2n) is 18.0. The van der Waals surface area contributed by atoms with Crippen molar-refractivity contribution >= 4 is 39.0 Å². The highest BCUT2D eigenvalue weighted by molar-refractivity contribution is 6.09. The van der Waals surface area contributed by atoms with E-state index in [4.69, 9.17) is 4.42 Å². The maximum atomic E-state index is 6.58. The molecule has 1 aliphatic rings. The van der Waals surface area contributed by atoms with E-state index in [1.807, 2.05) is 6.07 Å². The minimum Gasteiger partial charge on any atom is -0.455 e. The Hall–Kier alpha value is -8.98. The normalized spacial score (nSPS) is 12.5. The fourth-order valence-corrected chi connectivity index (χ4v) is 11.1. The summed E-state index contributed by atoms with van der Waals surface area (Å²) in [5, 5.41) is 2.24. The summed E-state index contributed by atoms with van der Waals surface area (Å²) in [6.45, 7) is 0. The number of hydrogen-bond acceptors (Lipinski definition) is 2. The zero-order valence-electron chi connectivity index (χ0n) is 37.8. The maximum absolute atomic E-state index is 6.58. The molecule has 0 fully saturated rings. The molecule has 0 saturated carbocycles. The van der Waals surface area contributed by atoms with Crippen molar-refractivity contribution in [2.75, 3.05) is 4.90 Å². The fraction of sp³-hybridized carbons (Fsp3) is 0.0149. The van der Waals surface area contributed by atoms with E-state index >= 15 is 0 Å². The number of benzene rings is 11. The highest BCUT2D eigenvalue weighted by Crippen LogP contribution is 2.58. The first kappa shape index (κ1) is 40.3. The molecule has 0 amide bonds. The third-order valence-corrected chi connectivity index (χ3v) is 14.2. The molecular formula is C67H45NO. The van der Waals surface area contributed by atoms with Gasteiger partial charge in [0.05, 0.1) is 5.41 Å². The second kappa shape index (κ2) is 16.7. The third-order valence-electron chi connectivity index (χ3n) is 14.2. The molecule has 12 aromatic rings. The average molecular weight is 880 g/mol. The first-order chi connectivity index (χ1) is 34.2. The maximum Gasteiger partial charge on any atom is 0.143 e. The van der Waals surface area contributed by atoms with Crippen LogP contribution >= 0.6 is 0 Å². The Morgan fingerprint density at radius 1 is 0.290 bits per heavy atom. The molecule has 0 saturated heterocycles. The van der Waals surface area contributed by atoms with Gasteiger partial charge in [0.2, 0.25) is 0 Å². The summed E-state index contributed by atoms with van der Waals surface area (Å²) in [7, 11) is 0. The molecule has 2 nitrogen and oxygen atoms in total. The molecule has 0 unspecified atom stereocenters. The van der Waals surface area contributed by atoms with E-state index < -0.39 is 5.41 Å². The number of furan rings is 1. The van der Waals surface area contributed by atoms with Crippen molar-refractivity contribution in [1.82, 2.24) is 0 Å². The number of para-hydroxylation sites is 2. The van der Waals surface area contributed by atoms with Crippen molar-refractivity contribution in [1.29, 1.82) is 0 Å². The van der Waals surface area contributed by atoms with Gasteiger partial charge in [-0.25, -0.2) is 0 Å². The van der Waals surface area contributed by atoms with Crippen LogP contribution in [-0.4, -0.2) is 0 Å². The molecule has 0 bridgehead atoms. The minimum atomic E-state index is -0.485. The zero-order valence-corrected chi connectivity index (χ0v) is 37.8. The van der Waals surface area contributed by atoms with E-state index in [-0.39, 0.29) is 0 Å². The Balaban J connectivity index is 0.964. The molecule has 11 aromatic carbocycles. The zero-order chi connectivity index (χ0) is 45.7. The van der Waals surface area contributed by atoms with Crippen LogP contribution in [0.3, 0.4) is 0 Å². The van der Waals surface area contributed by atoms with Crippen LogP contribution in [-0.2, 0) is 5.41 Å². The van der Waals surface area contributed by atoms with E-state index in [2.05, 4.69) is 272 Å². The van der Waals surface area contributed by atoms with Crippen molar-refractivity contribution < 1.29 is 4.42 Å². The molecule has 0 atom stereocenters. The number of rotatable bonds is 9. The summed E-state index contributed by atoms with van der Waals surface area (Å²) in [6.07, 6.45) is 0. The van der Waals surface area contributed by atoms with Crippen LogP contribution in [0, 0.1) is 0 Å². The lowest BCUT2D eigenvalue weighted by atomic mass is 9.67. The molecule has 0 aliphatic heterocycles. The largest absolute Gasteiger partial charge is 0.455 e. The van der Waals surface area contributed by atoms with Crippen molar-refractivity contribution in [2.45, 2.75) is 5.41 Å². The van der Waals surface area contributed by atoms with Gasteiger partial charge in [-0.2, -0.15) is 0 Å². The van der Waals surface area contributed by atoms with E-state index in [0.29, 0.717) is 0 Å². The Kier molecular flexibility index (Phi) is 9.77. The lowest BCUT2D eigenvalue weighted by Crippen LogP contribution is -2.28. The van der Waals surface area contributed by atoms with Gasteiger partial charge in [0.15, 0.2) is 0 Å². The van der Waals surface area contributed by atoms with Crippen LogP contribution in [0.15, 0.2) is 277 Å². The summed E-state index contributed by atoms with van der Waals surface area (Å²) in [5.41, 5.74) is 21.4. The summed E-state index contributed by atoms with van der Waals surface area (Å²) >= 11 is 0. The topological polar surface area (TPSA) is 16.4 Å². The quantitative estimate of drug-likeness (QED) is 0.144. The van der Waals surface area contributed by atoms with E-state index in [0.717, 1.165) is 61.3 Å². The molecule has 0 spiro atoms. The predicted octanol–water partition coefficient (Wildman–Crippen LogP) is 18.1. The summed E-state index contributed by atoms with van der Waals surface area (Å²) < 4.78 is 6.58. The number of fused-ring (bicyclic) bond motifs is 6. The van der Waals surface area contributed by atoms with Crippen molar-refractivity contribution in [3.8, 4) is 55.6 Å². The fourth-order valence-electron chi connectivity index (χ4n) is 11.1. The smallest absolute Gasteiger partial charge is 0.143 e. The van der Waals surface area contributed by atoms with Crippen LogP contribution in [0.5, 0.6) is 0 Å². The molecule has 1 heterocycles. The first-order valence-electron chi connectivity index (χ1n) is 23.7. The van der Waals surface area contributed by atoms with E-state index in [1.54, 1.807) is 0 Å². The molecular weight excluding hydrogens is 835 g/mol. The lowest BCUT2D eigenvalue weighted by Gasteiger charge is -2.34. The van der Waals surface area contributed by atoms with Crippen LogP contribution in [0.25, 0.3) is 77.6 Å². The summed E-state index contributed by atoms with van der Waals surface area (Å²) in [5.74, 6) is 0. The number of nitrogens with zero attached hydrogens (tertiary/aromatic N) is 1. The summed E-state index contributed by atoms with van der Waals surface area (Å²) in [4.78, 5) is 2.39. The first-order valence-corrected chi connectivity index (χ1v) is 23.7. The van der Waals surface area contributed by atoms with Gasteiger partial charge in [-0.15, -0.1) is 0 Å². The Bertz CT molecular complexity index is 3780. The Morgan fingerprint density at radius 3 is 1.41 bits per heavy atom. The van der Waals surface area contributed by atoms with E-state index in [1.165, 1.54) is 55.6 Å². The van der Waals surface area contributed by atoms with Gasteiger partial charge in [0, 0.05) is 33.4 Å². The highest BCUT2D eigenvalue weighted by Gasteiger charge is 2.46. The van der Waals surface area contributed by atoms with Crippen LogP contribution in [0.2, 0.25) is 0 Å². The molecule has 0 radical (unpaired) electrons. The van der Waals surface area contributed by atoms with Gasteiger partial charge in [-0.3, -0.25) is 0 Å². The lowest BCUT2D eigenvalue weighted by molar-refractivity contribution is 0.670. The van der Waals surface area contributed by atoms with Gasteiger partial charge in [0.1, 0.15) is 11.2 Å². The van der Waals surface area contributed by atoms with Gasteiger partial charge < -0.3 is 9.32 Å². The molecule has 1 aromatic heterocycles. The molecule has 2 heteroatoms. The monoisotopic (exact) mass is 879 g/mol. The molecule has 13 rings (SSSR count). The number of anilines is 3. The van der Waals surface area contributed by atoms with Crippen molar-refractivity contribution in [3.05, 3.63) is 295 Å². The Labute approximate surface area is 402 Å². The van der Waals surface area contributed by atoms with Gasteiger partial charge in [-0.1, -0.05) is 231 Å².